The summed E-state index contributed by atoms with van der Waals surface area (Å²) in [4.78, 5) is 0. The summed E-state index contributed by atoms with van der Waals surface area (Å²) < 4.78 is 0. The monoisotopic (exact) mass is 622 g/mol. The second-order valence-corrected chi connectivity index (χ2v) is 12.9. The molecule has 1 aliphatic rings. The molecule has 0 unspecified atom stereocenters. The Labute approximate surface area is 288 Å². The molecule has 1 aliphatic carbocycles. The number of fused-ring (bicyclic) bond motifs is 3. The maximum Gasteiger partial charge on any atom is -0.000706 e. The smallest absolute Gasteiger partial charge is 0.000706 e. The van der Waals surface area contributed by atoms with Gasteiger partial charge in [-0.25, -0.2) is 0 Å². The second-order valence-electron chi connectivity index (χ2n) is 12.9. The van der Waals surface area contributed by atoms with Crippen LogP contribution in [0.3, 0.4) is 0 Å². The minimum Gasteiger partial charge on any atom is -0.0622 e. The molecule has 0 nitrogen and oxygen atoms in total. The lowest BCUT2D eigenvalue weighted by Crippen LogP contribution is -1.95. The van der Waals surface area contributed by atoms with Crippen molar-refractivity contribution in [2.75, 3.05) is 0 Å². The first-order valence-corrected chi connectivity index (χ1v) is 17.1. The Morgan fingerprint density at radius 1 is 0.245 bits per heavy atom. The Hall–Kier alpha value is -6.24. The van der Waals surface area contributed by atoms with Crippen molar-refractivity contribution in [3.63, 3.8) is 0 Å². The molecule has 0 bridgehead atoms. The van der Waals surface area contributed by atoms with Gasteiger partial charge in [-0.05, 0) is 132 Å². The summed E-state index contributed by atoms with van der Waals surface area (Å²) in [6, 6.07) is 71.0. The maximum absolute atomic E-state index is 2.41. The summed E-state index contributed by atoms with van der Waals surface area (Å²) >= 11 is 0. The van der Waals surface area contributed by atoms with Crippen LogP contribution in [0.25, 0.3) is 77.9 Å². The molecule has 8 aromatic rings. The third kappa shape index (κ3) is 5.48. The Balaban J connectivity index is 1.34. The topological polar surface area (TPSA) is 0 Å². The van der Waals surface area contributed by atoms with Gasteiger partial charge in [-0.2, -0.15) is 0 Å². The molecular formula is C49H34. The molecule has 0 spiro atoms. The lowest BCUT2D eigenvalue weighted by molar-refractivity contribution is 1.26. The van der Waals surface area contributed by atoms with E-state index in [1.165, 1.54) is 89.0 Å². The van der Waals surface area contributed by atoms with Gasteiger partial charge < -0.3 is 0 Å². The van der Waals surface area contributed by atoms with Crippen molar-refractivity contribution in [3.05, 3.63) is 205 Å². The molecule has 230 valence electrons. The van der Waals surface area contributed by atoms with Crippen LogP contribution in [0.2, 0.25) is 0 Å². The molecule has 0 aromatic heterocycles. The van der Waals surface area contributed by atoms with Crippen LogP contribution in [0.15, 0.2) is 194 Å². The van der Waals surface area contributed by atoms with Gasteiger partial charge in [-0.3, -0.25) is 0 Å². The minimum absolute atomic E-state index is 0.912. The lowest BCUT2D eigenvalue weighted by Gasteiger charge is -2.20. The molecule has 0 fully saturated rings. The Kier molecular flexibility index (Phi) is 7.33. The van der Waals surface area contributed by atoms with Gasteiger partial charge in [0.05, 0.1) is 0 Å². The van der Waals surface area contributed by atoms with E-state index in [-0.39, 0.29) is 0 Å². The number of benzene rings is 8. The van der Waals surface area contributed by atoms with Crippen LogP contribution in [0.4, 0.5) is 0 Å². The normalized spacial score (nSPS) is 11.6. The summed E-state index contributed by atoms with van der Waals surface area (Å²) in [6.07, 6.45) is 0.912. The standard InChI is InChI=1S/C49H34/c1-5-15-34(16-6-1)39-27-40(35-17-7-2-8-18-35)30-43(29-39)46-25-26-47-45-24-14-13-23-38(45)33-48(47)49(46)44-31-41(36-19-9-3-10-20-36)28-42(32-44)37-21-11-4-12-22-37/h1-32H,33H2. The highest BCUT2D eigenvalue weighted by Crippen LogP contribution is 2.48. The molecule has 8 aromatic carbocycles. The van der Waals surface area contributed by atoms with E-state index in [1.54, 1.807) is 0 Å². The van der Waals surface area contributed by atoms with E-state index >= 15 is 0 Å². The molecule has 9 rings (SSSR count). The van der Waals surface area contributed by atoms with Gasteiger partial charge in [-0.15, -0.1) is 0 Å². The largest absolute Gasteiger partial charge is 0.0622 e. The second kappa shape index (κ2) is 12.4. The Morgan fingerprint density at radius 3 is 1.08 bits per heavy atom. The van der Waals surface area contributed by atoms with Crippen molar-refractivity contribution < 1.29 is 0 Å². The SMILES string of the molecule is c1ccc(-c2cc(-c3ccccc3)cc(-c3ccc4c(c3-c3cc(-c5ccccc5)cc(-c5ccccc5)c3)Cc3ccccc3-4)c2)cc1. The highest BCUT2D eigenvalue weighted by Gasteiger charge is 2.25. The van der Waals surface area contributed by atoms with E-state index in [0.29, 0.717) is 0 Å². The summed E-state index contributed by atoms with van der Waals surface area (Å²) in [7, 11) is 0. The van der Waals surface area contributed by atoms with Gasteiger partial charge >= 0.3 is 0 Å². The van der Waals surface area contributed by atoms with Crippen LogP contribution in [0, 0.1) is 0 Å². The van der Waals surface area contributed by atoms with Crippen molar-refractivity contribution in [1.29, 1.82) is 0 Å². The fraction of sp³-hybridized carbons (Fsp3) is 0.0204. The summed E-state index contributed by atoms with van der Waals surface area (Å²) in [5.41, 5.74) is 20.2. The van der Waals surface area contributed by atoms with Crippen LogP contribution in [-0.4, -0.2) is 0 Å². The van der Waals surface area contributed by atoms with Crippen LogP contribution in [0.1, 0.15) is 11.1 Å². The zero-order valence-corrected chi connectivity index (χ0v) is 27.2. The molecule has 0 heteroatoms. The Morgan fingerprint density at radius 2 is 0.612 bits per heavy atom. The van der Waals surface area contributed by atoms with Crippen molar-refractivity contribution in [1.82, 2.24) is 0 Å². The van der Waals surface area contributed by atoms with Gasteiger partial charge in [-0.1, -0.05) is 158 Å². The predicted molar refractivity (Wildman–Crippen MR) is 207 cm³/mol. The quantitative estimate of drug-likeness (QED) is 0.173. The minimum atomic E-state index is 0.912. The molecule has 0 aliphatic heterocycles. The van der Waals surface area contributed by atoms with Crippen LogP contribution in [0.5, 0.6) is 0 Å². The van der Waals surface area contributed by atoms with Crippen molar-refractivity contribution >= 4 is 0 Å². The van der Waals surface area contributed by atoms with E-state index < -0.39 is 0 Å². The lowest BCUT2D eigenvalue weighted by atomic mass is 9.84. The molecular weight excluding hydrogens is 589 g/mol. The summed E-state index contributed by atoms with van der Waals surface area (Å²) in [5, 5.41) is 0. The molecule has 0 atom stereocenters. The van der Waals surface area contributed by atoms with E-state index in [1.807, 2.05) is 0 Å². The van der Waals surface area contributed by atoms with Gasteiger partial charge in [0.15, 0.2) is 0 Å². The maximum atomic E-state index is 2.41. The molecule has 49 heavy (non-hydrogen) atoms. The summed E-state index contributed by atoms with van der Waals surface area (Å²) in [6.45, 7) is 0. The fourth-order valence-corrected chi connectivity index (χ4v) is 7.53. The third-order valence-electron chi connectivity index (χ3n) is 9.88. The average molecular weight is 623 g/mol. The van der Waals surface area contributed by atoms with Crippen molar-refractivity contribution in [2.45, 2.75) is 6.42 Å². The Bertz CT molecular complexity index is 2310. The van der Waals surface area contributed by atoms with Gasteiger partial charge in [0.25, 0.3) is 0 Å². The first-order chi connectivity index (χ1) is 24.3. The third-order valence-corrected chi connectivity index (χ3v) is 9.88. The number of hydrogen-bond acceptors (Lipinski definition) is 0. The molecule has 0 amide bonds. The fourth-order valence-electron chi connectivity index (χ4n) is 7.53. The highest BCUT2D eigenvalue weighted by atomic mass is 14.3. The van der Waals surface area contributed by atoms with Crippen molar-refractivity contribution in [3.8, 4) is 77.9 Å². The van der Waals surface area contributed by atoms with E-state index in [2.05, 4.69) is 194 Å². The van der Waals surface area contributed by atoms with Gasteiger partial charge in [0.2, 0.25) is 0 Å². The van der Waals surface area contributed by atoms with Gasteiger partial charge in [0, 0.05) is 0 Å². The molecule has 0 heterocycles. The predicted octanol–water partition coefficient (Wildman–Crippen LogP) is 13.3. The molecule has 0 radical (unpaired) electrons. The van der Waals surface area contributed by atoms with Crippen LogP contribution >= 0.6 is 0 Å². The van der Waals surface area contributed by atoms with Crippen LogP contribution < -0.4 is 0 Å². The first-order valence-electron chi connectivity index (χ1n) is 17.1. The summed E-state index contributed by atoms with van der Waals surface area (Å²) in [5.74, 6) is 0. The molecule has 0 saturated heterocycles. The average Bonchev–Trinajstić information content (AvgIpc) is 3.57. The van der Waals surface area contributed by atoms with Gasteiger partial charge in [0.1, 0.15) is 0 Å². The molecule has 0 N–H and O–H groups in total. The zero-order chi connectivity index (χ0) is 32.6. The zero-order valence-electron chi connectivity index (χ0n) is 27.2. The highest BCUT2D eigenvalue weighted by molar-refractivity contribution is 5.97. The number of hydrogen-bond donors (Lipinski definition) is 0. The van der Waals surface area contributed by atoms with Crippen LogP contribution in [-0.2, 0) is 6.42 Å². The van der Waals surface area contributed by atoms with E-state index in [4.69, 9.17) is 0 Å². The van der Waals surface area contributed by atoms with E-state index in [0.717, 1.165) is 6.42 Å². The van der Waals surface area contributed by atoms with E-state index in [9.17, 15) is 0 Å². The number of rotatable bonds is 6. The first kappa shape index (κ1) is 28.9. The molecule has 0 saturated carbocycles. The van der Waals surface area contributed by atoms with Crippen molar-refractivity contribution in [2.24, 2.45) is 0 Å².